The van der Waals surface area contributed by atoms with Gasteiger partial charge in [0.2, 0.25) is 0 Å². The van der Waals surface area contributed by atoms with Crippen LogP contribution in [0.15, 0.2) is 51.7 Å². The maximum absolute atomic E-state index is 13.5. The van der Waals surface area contributed by atoms with Crippen LogP contribution < -0.4 is 4.74 Å². The van der Waals surface area contributed by atoms with E-state index in [2.05, 4.69) is 36.8 Å². The van der Waals surface area contributed by atoms with E-state index >= 15 is 0 Å². The van der Waals surface area contributed by atoms with Gasteiger partial charge in [-0.1, -0.05) is 15.9 Å². The molecule has 0 N–H and O–H groups in total. The first-order valence-electron chi connectivity index (χ1n) is 5.52. The molecule has 1 aromatic heterocycles. The Kier molecular flexibility index (Phi) is 5.03. The fourth-order valence-electron chi connectivity index (χ4n) is 1.39. The first-order chi connectivity index (χ1) is 9.56. The zero-order valence-corrected chi connectivity index (χ0v) is 13.2. The Bertz CT molecular complexity index is 674. The summed E-state index contributed by atoms with van der Waals surface area (Å²) in [7, 11) is 0. The standard InChI is InChI=1S/C14H8Br2FNO2/c15-10-4-5-11(17)9(8-10)3-6-13(19)20-12-2-1-7-18-14(12)16/h1-8H. The summed E-state index contributed by atoms with van der Waals surface area (Å²) < 4.78 is 19.7. The average Bonchev–Trinajstić information content (AvgIpc) is 2.42. The molecule has 102 valence electrons. The Morgan fingerprint density at radius 3 is 2.85 bits per heavy atom. The van der Waals surface area contributed by atoms with Crippen LogP contribution in [0.1, 0.15) is 5.56 Å². The number of benzene rings is 1. The Morgan fingerprint density at radius 1 is 1.30 bits per heavy atom. The lowest BCUT2D eigenvalue weighted by Crippen LogP contribution is -2.04. The molecule has 0 fully saturated rings. The topological polar surface area (TPSA) is 39.2 Å². The third-order valence-corrected chi connectivity index (χ3v) is 3.38. The minimum Gasteiger partial charge on any atom is -0.420 e. The summed E-state index contributed by atoms with van der Waals surface area (Å²) in [6, 6.07) is 7.71. The van der Waals surface area contributed by atoms with Crippen molar-refractivity contribution in [2.24, 2.45) is 0 Å². The van der Waals surface area contributed by atoms with Gasteiger partial charge in [0.25, 0.3) is 0 Å². The van der Waals surface area contributed by atoms with Crippen LogP contribution in [0.2, 0.25) is 0 Å². The zero-order valence-electron chi connectivity index (χ0n) is 10.0. The molecule has 6 heteroatoms. The Hall–Kier alpha value is -1.53. The van der Waals surface area contributed by atoms with Gasteiger partial charge in [-0.25, -0.2) is 14.2 Å². The van der Waals surface area contributed by atoms with E-state index < -0.39 is 11.8 Å². The predicted molar refractivity (Wildman–Crippen MR) is 80.7 cm³/mol. The molecule has 0 amide bonds. The summed E-state index contributed by atoms with van der Waals surface area (Å²) in [5.41, 5.74) is 0.293. The van der Waals surface area contributed by atoms with Gasteiger partial charge < -0.3 is 4.74 Å². The van der Waals surface area contributed by atoms with Gasteiger partial charge in [0.05, 0.1) is 0 Å². The number of pyridine rings is 1. The molecule has 2 rings (SSSR count). The third kappa shape index (κ3) is 3.98. The van der Waals surface area contributed by atoms with E-state index in [1.54, 1.807) is 30.5 Å². The minimum atomic E-state index is -0.613. The second-order valence-corrected chi connectivity index (χ2v) is 5.38. The van der Waals surface area contributed by atoms with Crippen molar-refractivity contribution in [3.63, 3.8) is 0 Å². The van der Waals surface area contributed by atoms with Crippen molar-refractivity contribution < 1.29 is 13.9 Å². The Morgan fingerprint density at radius 2 is 2.10 bits per heavy atom. The van der Waals surface area contributed by atoms with Crippen molar-refractivity contribution in [1.29, 1.82) is 0 Å². The van der Waals surface area contributed by atoms with Crippen molar-refractivity contribution in [3.8, 4) is 5.75 Å². The molecule has 0 aliphatic rings. The van der Waals surface area contributed by atoms with Gasteiger partial charge >= 0.3 is 5.97 Å². The third-order valence-electron chi connectivity index (χ3n) is 2.29. The van der Waals surface area contributed by atoms with Gasteiger partial charge in [-0.15, -0.1) is 0 Å². The van der Waals surface area contributed by atoms with Gasteiger partial charge in [-0.05, 0) is 52.3 Å². The lowest BCUT2D eigenvalue weighted by molar-refractivity contribution is -0.128. The quantitative estimate of drug-likeness (QED) is 0.436. The molecule has 3 nitrogen and oxygen atoms in total. The summed E-state index contributed by atoms with van der Waals surface area (Å²) >= 11 is 6.40. The van der Waals surface area contributed by atoms with E-state index in [0.717, 1.165) is 10.5 Å². The molecule has 0 saturated heterocycles. The second kappa shape index (κ2) is 6.76. The molecular weight excluding hydrogens is 393 g/mol. The number of carbonyl (C=O) groups excluding carboxylic acids is 1. The smallest absolute Gasteiger partial charge is 0.336 e. The Labute approximate surface area is 131 Å². The summed E-state index contributed by atoms with van der Waals surface area (Å²) in [6.07, 6.45) is 4.07. The Balaban J connectivity index is 2.10. The normalized spacial score (nSPS) is 10.8. The van der Waals surface area contributed by atoms with Gasteiger partial charge in [0.1, 0.15) is 10.4 Å². The van der Waals surface area contributed by atoms with Crippen LogP contribution in [-0.4, -0.2) is 11.0 Å². The van der Waals surface area contributed by atoms with Crippen LogP contribution in [0.4, 0.5) is 4.39 Å². The molecule has 0 aliphatic carbocycles. The fourth-order valence-corrected chi connectivity index (χ4v) is 2.10. The highest BCUT2D eigenvalue weighted by atomic mass is 79.9. The second-order valence-electron chi connectivity index (χ2n) is 3.71. The number of rotatable bonds is 3. The highest BCUT2D eigenvalue weighted by molar-refractivity contribution is 9.10. The number of hydrogen-bond donors (Lipinski definition) is 0. The molecule has 20 heavy (non-hydrogen) atoms. The molecule has 0 radical (unpaired) electrons. The molecule has 1 heterocycles. The highest BCUT2D eigenvalue weighted by Crippen LogP contribution is 2.21. The molecule has 0 aliphatic heterocycles. The number of esters is 1. The van der Waals surface area contributed by atoms with Crippen LogP contribution in [0.25, 0.3) is 6.08 Å². The van der Waals surface area contributed by atoms with Crippen molar-refractivity contribution in [3.05, 3.63) is 63.1 Å². The first kappa shape index (κ1) is 14.9. The molecule has 1 aromatic carbocycles. The van der Waals surface area contributed by atoms with Crippen molar-refractivity contribution in [2.75, 3.05) is 0 Å². The zero-order chi connectivity index (χ0) is 14.5. The number of carbonyl (C=O) groups is 1. The largest absolute Gasteiger partial charge is 0.420 e. The van der Waals surface area contributed by atoms with Crippen LogP contribution in [0, 0.1) is 5.82 Å². The lowest BCUT2D eigenvalue weighted by Gasteiger charge is -2.02. The van der Waals surface area contributed by atoms with E-state index in [9.17, 15) is 9.18 Å². The predicted octanol–water partition coefficient (Wildman–Crippen LogP) is 4.36. The minimum absolute atomic E-state index is 0.293. The van der Waals surface area contributed by atoms with Gasteiger partial charge in [0, 0.05) is 22.3 Å². The first-order valence-corrected chi connectivity index (χ1v) is 7.10. The van der Waals surface area contributed by atoms with Crippen LogP contribution in [0.5, 0.6) is 5.75 Å². The molecule has 0 spiro atoms. The van der Waals surface area contributed by atoms with E-state index in [1.165, 1.54) is 12.1 Å². The van der Waals surface area contributed by atoms with Gasteiger partial charge in [-0.2, -0.15) is 0 Å². The summed E-state index contributed by atoms with van der Waals surface area (Å²) in [4.78, 5) is 15.6. The fraction of sp³-hybridized carbons (Fsp3) is 0. The van der Waals surface area contributed by atoms with Crippen LogP contribution in [-0.2, 0) is 4.79 Å². The average molecular weight is 401 g/mol. The number of aromatic nitrogens is 1. The van der Waals surface area contributed by atoms with Crippen molar-refractivity contribution >= 4 is 43.9 Å². The van der Waals surface area contributed by atoms with E-state index in [-0.39, 0.29) is 0 Å². The van der Waals surface area contributed by atoms with E-state index in [4.69, 9.17) is 4.74 Å². The van der Waals surface area contributed by atoms with Crippen LogP contribution >= 0.6 is 31.9 Å². The summed E-state index contributed by atoms with van der Waals surface area (Å²) in [5.74, 6) is -0.727. The van der Waals surface area contributed by atoms with Gasteiger partial charge in [-0.3, -0.25) is 0 Å². The van der Waals surface area contributed by atoms with E-state index in [1.807, 2.05) is 0 Å². The number of hydrogen-bond acceptors (Lipinski definition) is 3. The molecule has 0 unspecified atom stereocenters. The molecule has 0 atom stereocenters. The lowest BCUT2D eigenvalue weighted by atomic mass is 10.2. The SMILES string of the molecule is O=C(C=Cc1cc(Br)ccc1F)Oc1cccnc1Br. The highest BCUT2D eigenvalue weighted by Gasteiger charge is 2.06. The van der Waals surface area contributed by atoms with Gasteiger partial charge in [0.15, 0.2) is 5.75 Å². The summed E-state index contributed by atoms with van der Waals surface area (Å²) in [6.45, 7) is 0. The number of ether oxygens (including phenoxy) is 1. The van der Waals surface area contributed by atoms with Crippen molar-refractivity contribution in [2.45, 2.75) is 0 Å². The number of nitrogens with zero attached hydrogens (tertiary/aromatic N) is 1. The maximum atomic E-state index is 13.5. The van der Waals surface area contributed by atoms with Crippen LogP contribution in [0.3, 0.4) is 0 Å². The maximum Gasteiger partial charge on any atom is 0.336 e. The molecule has 0 saturated carbocycles. The molecule has 0 bridgehead atoms. The summed E-state index contributed by atoms with van der Waals surface area (Å²) in [5, 5.41) is 0. The van der Waals surface area contributed by atoms with E-state index in [0.29, 0.717) is 15.9 Å². The number of halogens is 3. The molecular formula is C14H8Br2FNO2. The molecule has 2 aromatic rings. The monoisotopic (exact) mass is 399 g/mol. The van der Waals surface area contributed by atoms with Crippen molar-refractivity contribution in [1.82, 2.24) is 4.98 Å².